The maximum absolute atomic E-state index is 12.8. The number of benzene rings is 1. The van der Waals surface area contributed by atoms with Gasteiger partial charge >= 0.3 is 0 Å². The molecule has 0 radical (unpaired) electrons. The number of carbonyl (C=O) groups is 3. The lowest BCUT2D eigenvalue weighted by Crippen LogP contribution is -2.52. The number of rotatable bonds is 3. The highest BCUT2D eigenvalue weighted by Gasteiger charge is 2.39. The second kappa shape index (κ2) is 7.78. The van der Waals surface area contributed by atoms with Crippen LogP contribution in [0, 0.1) is 5.41 Å². The van der Waals surface area contributed by atoms with E-state index in [1.54, 1.807) is 4.90 Å². The maximum atomic E-state index is 12.8. The number of nitrogens with one attached hydrogen (secondary N) is 2. The molecule has 7 heteroatoms. The van der Waals surface area contributed by atoms with E-state index in [4.69, 9.17) is 0 Å². The molecule has 4 aliphatic heterocycles. The Balaban J connectivity index is 1.23. The first-order chi connectivity index (χ1) is 14.5. The van der Waals surface area contributed by atoms with Crippen LogP contribution in [0.25, 0.3) is 0 Å². The Morgan fingerprint density at radius 1 is 1.03 bits per heavy atom. The van der Waals surface area contributed by atoms with Gasteiger partial charge in [-0.3, -0.25) is 24.6 Å². The molecule has 4 heterocycles. The third kappa shape index (κ3) is 3.65. The van der Waals surface area contributed by atoms with Gasteiger partial charge in [0, 0.05) is 25.1 Å². The minimum atomic E-state index is -0.547. The number of carbonyl (C=O) groups excluding carboxylic acids is 3. The van der Waals surface area contributed by atoms with Crippen LogP contribution < -0.4 is 10.6 Å². The lowest BCUT2D eigenvalue weighted by atomic mass is 9.71. The van der Waals surface area contributed by atoms with E-state index >= 15 is 0 Å². The Morgan fingerprint density at radius 3 is 2.53 bits per heavy atom. The second-order valence-electron chi connectivity index (χ2n) is 9.42. The summed E-state index contributed by atoms with van der Waals surface area (Å²) in [5, 5.41) is 5.84. The number of hydrogen-bond acceptors (Lipinski definition) is 5. The van der Waals surface area contributed by atoms with Gasteiger partial charge in [0.1, 0.15) is 6.04 Å². The van der Waals surface area contributed by atoms with Crippen molar-refractivity contribution in [1.29, 1.82) is 0 Å². The van der Waals surface area contributed by atoms with Gasteiger partial charge in [-0.2, -0.15) is 0 Å². The molecule has 1 atom stereocenters. The van der Waals surface area contributed by atoms with Crippen molar-refractivity contribution in [2.24, 2.45) is 5.41 Å². The quantitative estimate of drug-likeness (QED) is 0.737. The van der Waals surface area contributed by atoms with Gasteiger partial charge in [0.05, 0.1) is 0 Å². The van der Waals surface area contributed by atoms with Gasteiger partial charge in [-0.15, -0.1) is 0 Å². The second-order valence-corrected chi connectivity index (χ2v) is 9.42. The highest BCUT2D eigenvalue weighted by molar-refractivity contribution is 6.05. The van der Waals surface area contributed by atoms with Crippen molar-refractivity contribution >= 4 is 17.7 Å². The predicted molar refractivity (Wildman–Crippen MR) is 112 cm³/mol. The average molecular weight is 411 g/mol. The van der Waals surface area contributed by atoms with E-state index in [9.17, 15) is 14.4 Å². The summed E-state index contributed by atoms with van der Waals surface area (Å²) < 4.78 is 0. The van der Waals surface area contributed by atoms with Crippen molar-refractivity contribution in [2.75, 3.05) is 26.2 Å². The van der Waals surface area contributed by atoms with Crippen molar-refractivity contribution < 1.29 is 14.4 Å². The Bertz CT molecular complexity index is 867. The van der Waals surface area contributed by atoms with Crippen LogP contribution in [0.1, 0.15) is 60.0 Å². The van der Waals surface area contributed by atoms with Crippen molar-refractivity contribution in [2.45, 2.75) is 57.7 Å². The van der Waals surface area contributed by atoms with E-state index in [-0.39, 0.29) is 24.1 Å². The van der Waals surface area contributed by atoms with Crippen molar-refractivity contribution in [1.82, 2.24) is 20.4 Å². The summed E-state index contributed by atoms with van der Waals surface area (Å²) in [5.41, 5.74) is 3.46. The molecule has 1 spiro atoms. The Hall–Kier alpha value is -2.25. The molecular weight excluding hydrogens is 380 g/mol. The van der Waals surface area contributed by atoms with E-state index in [2.05, 4.69) is 27.7 Å². The van der Waals surface area contributed by atoms with Crippen LogP contribution in [0.2, 0.25) is 0 Å². The SMILES string of the molecule is O=C1CCC(N2Cc3cc(CN4CCC5(CCNCC5)CC4)ccc3C2=O)C(=O)N1. The number of likely N-dealkylation sites (tertiary alicyclic amines) is 1. The fourth-order valence-electron chi connectivity index (χ4n) is 5.63. The van der Waals surface area contributed by atoms with E-state index in [0.29, 0.717) is 23.9 Å². The molecule has 5 rings (SSSR count). The molecule has 0 aromatic heterocycles. The summed E-state index contributed by atoms with van der Waals surface area (Å²) in [6.07, 6.45) is 5.86. The lowest BCUT2D eigenvalue weighted by molar-refractivity contribution is -0.136. The van der Waals surface area contributed by atoms with Crippen LogP contribution in [0.3, 0.4) is 0 Å². The fourth-order valence-corrected chi connectivity index (χ4v) is 5.63. The third-order valence-corrected chi connectivity index (χ3v) is 7.58. The number of piperidine rings is 3. The standard InChI is InChI=1S/C23H30N4O3/c28-20-4-3-19(21(29)25-20)27-15-17-13-16(1-2-18(17)22(27)30)14-26-11-7-23(8-12-26)5-9-24-10-6-23/h1-2,13,19,24H,3-12,14-15H2,(H,25,28,29). The molecule has 30 heavy (non-hydrogen) atoms. The van der Waals surface area contributed by atoms with Crippen molar-refractivity contribution in [3.05, 3.63) is 34.9 Å². The largest absolute Gasteiger partial charge is 0.322 e. The molecule has 4 aliphatic rings. The van der Waals surface area contributed by atoms with Crippen LogP contribution in [0.5, 0.6) is 0 Å². The van der Waals surface area contributed by atoms with Gasteiger partial charge in [-0.05, 0) is 80.9 Å². The van der Waals surface area contributed by atoms with E-state index in [1.807, 2.05) is 6.07 Å². The van der Waals surface area contributed by atoms with Gasteiger partial charge in [0.2, 0.25) is 11.8 Å². The predicted octanol–water partition coefficient (Wildman–Crippen LogP) is 1.41. The first-order valence-corrected chi connectivity index (χ1v) is 11.2. The normalized spacial score (nSPS) is 26.7. The minimum Gasteiger partial charge on any atom is -0.322 e. The smallest absolute Gasteiger partial charge is 0.255 e. The number of nitrogens with zero attached hydrogens (tertiary/aromatic N) is 2. The fraction of sp³-hybridized carbons (Fsp3) is 0.609. The number of hydrogen-bond donors (Lipinski definition) is 2. The zero-order valence-electron chi connectivity index (χ0n) is 17.4. The van der Waals surface area contributed by atoms with Crippen LogP contribution >= 0.6 is 0 Å². The molecule has 2 N–H and O–H groups in total. The summed E-state index contributed by atoms with van der Waals surface area (Å²) in [6.45, 7) is 5.94. The average Bonchev–Trinajstić information content (AvgIpc) is 3.06. The summed E-state index contributed by atoms with van der Waals surface area (Å²) in [5.74, 6) is -0.708. The van der Waals surface area contributed by atoms with Crippen LogP contribution in [0.15, 0.2) is 18.2 Å². The minimum absolute atomic E-state index is 0.100. The zero-order valence-corrected chi connectivity index (χ0v) is 17.4. The van der Waals surface area contributed by atoms with Crippen molar-refractivity contribution in [3.8, 4) is 0 Å². The first kappa shape index (κ1) is 19.7. The summed E-state index contributed by atoms with van der Waals surface area (Å²) in [4.78, 5) is 40.6. The maximum Gasteiger partial charge on any atom is 0.255 e. The van der Waals surface area contributed by atoms with Crippen LogP contribution in [0.4, 0.5) is 0 Å². The molecule has 3 saturated heterocycles. The van der Waals surface area contributed by atoms with Gasteiger partial charge in [0.25, 0.3) is 5.91 Å². The highest BCUT2D eigenvalue weighted by Crippen LogP contribution is 2.39. The molecule has 1 aromatic carbocycles. The van der Waals surface area contributed by atoms with Crippen LogP contribution in [-0.2, 0) is 22.7 Å². The third-order valence-electron chi connectivity index (χ3n) is 7.58. The number of fused-ring (bicyclic) bond motifs is 1. The molecule has 160 valence electrons. The molecule has 7 nitrogen and oxygen atoms in total. The van der Waals surface area contributed by atoms with E-state index in [1.165, 1.54) is 31.2 Å². The lowest BCUT2D eigenvalue weighted by Gasteiger charge is -2.44. The topological polar surface area (TPSA) is 81.8 Å². The Kier molecular flexibility index (Phi) is 5.11. The van der Waals surface area contributed by atoms with Crippen molar-refractivity contribution in [3.63, 3.8) is 0 Å². The molecular formula is C23H30N4O3. The van der Waals surface area contributed by atoms with E-state index in [0.717, 1.165) is 38.3 Å². The number of amides is 3. The molecule has 0 saturated carbocycles. The molecule has 0 bridgehead atoms. The molecule has 3 amide bonds. The Morgan fingerprint density at radius 2 is 1.80 bits per heavy atom. The number of imide groups is 1. The Labute approximate surface area is 177 Å². The molecule has 1 unspecified atom stereocenters. The summed E-state index contributed by atoms with van der Waals surface area (Å²) in [7, 11) is 0. The summed E-state index contributed by atoms with van der Waals surface area (Å²) in [6, 6.07) is 5.56. The van der Waals surface area contributed by atoms with E-state index < -0.39 is 6.04 Å². The summed E-state index contributed by atoms with van der Waals surface area (Å²) >= 11 is 0. The molecule has 0 aliphatic carbocycles. The molecule has 1 aromatic rings. The van der Waals surface area contributed by atoms with Gasteiger partial charge in [0.15, 0.2) is 0 Å². The van der Waals surface area contributed by atoms with Crippen LogP contribution in [-0.4, -0.2) is 59.7 Å². The highest BCUT2D eigenvalue weighted by atomic mass is 16.2. The first-order valence-electron chi connectivity index (χ1n) is 11.2. The van der Waals surface area contributed by atoms with Gasteiger partial charge in [-0.1, -0.05) is 12.1 Å². The monoisotopic (exact) mass is 410 g/mol. The zero-order chi connectivity index (χ0) is 20.7. The van der Waals surface area contributed by atoms with Gasteiger partial charge < -0.3 is 10.2 Å². The van der Waals surface area contributed by atoms with Gasteiger partial charge in [-0.25, -0.2) is 0 Å². The molecule has 3 fully saturated rings.